The van der Waals surface area contributed by atoms with Gasteiger partial charge in [-0.1, -0.05) is 68.7 Å². The average Bonchev–Trinajstić information content (AvgIpc) is 3.05. The van der Waals surface area contributed by atoms with Crippen LogP contribution in [0.25, 0.3) is 11.1 Å². The number of aryl methyl sites for hydroxylation is 1. The summed E-state index contributed by atoms with van der Waals surface area (Å²) in [7, 11) is 0. The topological polar surface area (TPSA) is 75.1 Å². The van der Waals surface area contributed by atoms with Crippen LogP contribution in [0.15, 0.2) is 53.3 Å². The van der Waals surface area contributed by atoms with Gasteiger partial charge in [0.15, 0.2) is 0 Å². The van der Waals surface area contributed by atoms with Crippen molar-refractivity contribution >= 4 is 5.97 Å². The van der Waals surface area contributed by atoms with Gasteiger partial charge in [-0.15, -0.1) is 0 Å². The van der Waals surface area contributed by atoms with Crippen LogP contribution in [0.4, 0.5) is 0 Å². The lowest BCUT2D eigenvalue weighted by Gasteiger charge is -2.10. The number of benzene rings is 2. The van der Waals surface area contributed by atoms with E-state index < -0.39 is 5.97 Å². The lowest BCUT2D eigenvalue weighted by Crippen LogP contribution is -2.17. The molecule has 2 aromatic carbocycles. The van der Waals surface area contributed by atoms with E-state index >= 15 is 0 Å². The molecular formula is C25H30N2O3. The highest BCUT2D eigenvalue weighted by atomic mass is 16.4. The van der Waals surface area contributed by atoms with Crippen molar-refractivity contribution in [2.24, 2.45) is 0 Å². The van der Waals surface area contributed by atoms with Crippen molar-refractivity contribution < 1.29 is 9.90 Å². The van der Waals surface area contributed by atoms with E-state index in [-0.39, 0.29) is 5.69 Å². The van der Waals surface area contributed by atoms with Gasteiger partial charge in [0.25, 0.3) is 0 Å². The third kappa shape index (κ3) is 4.90. The van der Waals surface area contributed by atoms with E-state index in [1.807, 2.05) is 47.9 Å². The number of aromatic amines is 1. The number of carboxylic acid groups (broad SMARTS) is 1. The number of hydrogen-bond acceptors (Lipinski definition) is 2. The van der Waals surface area contributed by atoms with Crippen molar-refractivity contribution in [1.82, 2.24) is 9.55 Å². The molecule has 0 unspecified atom stereocenters. The van der Waals surface area contributed by atoms with E-state index in [1.165, 1.54) is 19.3 Å². The van der Waals surface area contributed by atoms with Gasteiger partial charge >= 0.3 is 11.7 Å². The SMILES string of the molecule is CCCCCCc1[nH]c(=O)n(CC)c1Cc1ccc(-c2ccccc2C(=O)O)cc1. The van der Waals surface area contributed by atoms with Gasteiger partial charge in [0.2, 0.25) is 0 Å². The number of nitrogens with zero attached hydrogens (tertiary/aromatic N) is 1. The van der Waals surface area contributed by atoms with Gasteiger partial charge < -0.3 is 10.1 Å². The van der Waals surface area contributed by atoms with Crippen molar-refractivity contribution in [2.45, 2.75) is 58.9 Å². The summed E-state index contributed by atoms with van der Waals surface area (Å²) in [5.41, 5.74) is 5.03. The molecule has 5 heteroatoms. The lowest BCUT2D eigenvalue weighted by atomic mass is 9.97. The number of unbranched alkanes of at least 4 members (excludes halogenated alkanes) is 3. The number of carboxylic acids is 1. The highest BCUT2D eigenvalue weighted by Gasteiger charge is 2.14. The fourth-order valence-corrected chi connectivity index (χ4v) is 3.94. The average molecular weight is 407 g/mol. The second-order valence-electron chi connectivity index (χ2n) is 7.63. The van der Waals surface area contributed by atoms with E-state index in [0.29, 0.717) is 24.1 Å². The standard InChI is InChI=1S/C25H30N2O3/c1-3-5-6-7-12-22-23(27(4-2)25(30)26-22)17-18-13-15-19(16-14-18)20-10-8-9-11-21(20)24(28)29/h8-11,13-16H,3-7,12,17H2,1-2H3,(H,26,30)(H,28,29). The van der Waals surface area contributed by atoms with Crippen LogP contribution < -0.4 is 5.69 Å². The zero-order valence-corrected chi connectivity index (χ0v) is 17.8. The first-order chi connectivity index (χ1) is 14.5. The molecule has 0 fully saturated rings. The Morgan fingerprint density at radius 1 is 1.00 bits per heavy atom. The highest BCUT2D eigenvalue weighted by Crippen LogP contribution is 2.25. The van der Waals surface area contributed by atoms with Crippen LogP contribution in [0.1, 0.15) is 66.8 Å². The summed E-state index contributed by atoms with van der Waals surface area (Å²) in [6.07, 6.45) is 6.23. The number of aromatic nitrogens is 2. The number of hydrogen-bond donors (Lipinski definition) is 2. The third-order valence-corrected chi connectivity index (χ3v) is 5.57. The van der Waals surface area contributed by atoms with Gasteiger partial charge in [-0.2, -0.15) is 0 Å². The van der Waals surface area contributed by atoms with Gasteiger partial charge in [-0.05, 0) is 42.5 Å². The maximum Gasteiger partial charge on any atom is 0.336 e. The van der Waals surface area contributed by atoms with Crippen molar-refractivity contribution in [2.75, 3.05) is 0 Å². The molecule has 3 rings (SSSR count). The predicted octanol–water partition coefficient (Wildman–Crippen LogP) is 5.28. The van der Waals surface area contributed by atoms with Crippen LogP contribution >= 0.6 is 0 Å². The molecule has 2 N–H and O–H groups in total. The normalized spacial score (nSPS) is 11.0. The van der Waals surface area contributed by atoms with Gasteiger partial charge in [0.05, 0.1) is 5.56 Å². The number of carbonyl (C=O) groups is 1. The molecule has 3 aromatic rings. The van der Waals surface area contributed by atoms with E-state index in [4.69, 9.17) is 0 Å². The first-order valence-corrected chi connectivity index (χ1v) is 10.8. The van der Waals surface area contributed by atoms with Gasteiger partial charge in [0, 0.05) is 24.4 Å². The molecule has 1 aromatic heterocycles. The Hall–Kier alpha value is -3.08. The molecule has 0 bridgehead atoms. The van der Waals surface area contributed by atoms with E-state index in [0.717, 1.165) is 35.4 Å². The Balaban J connectivity index is 1.83. The largest absolute Gasteiger partial charge is 0.478 e. The Bertz CT molecular complexity index is 1050. The van der Waals surface area contributed by atoms with Crippen LogP contribution in [-0.4, -0.2) is 20.6 Å². The van der Waals surface area contributed by atoms with Crippen LogP contribution in [0, 0.1) is 0 Å². The first kappa shape index (κ1) is 21.6. The maximum atomic E-state index is 12.4. The fraction of sp³-hybridized carbons (Fsp3) is 0.360. The Kier molecular flexibility index (Phi) is 7.28. The summed E-state index contributed by atoms with van der Waals surface area (Å²) < 4.78 is 1.82. The molecule has 0 saturated heterocycles. The molecule has 0 spiro atoms. The maximum absolute atomic E-state index is 12.4. The summed E-state index contributed by atoms with van der Waals surface area (Å²) in [4.78, 5) is 26.9. The number of aromatic carboxylic acids is 1. The molecule has 0 aliphatic heterocycles. The third-order valence-electron chi connectivity index (χ3n) is 5.57. The lowest BCUT2D eigenvalue weighted by molar-refractivity contribution is 0.0697. The monoisotopic (exact) mass is 406 g/mol. The molecule has 0 aliphatic carbocycles. The molecule has 1 heterocycles. The quantitative estimate of drug-likeness (QED) is 0.450. The molecule has 0 atom stereocenters. The van der Waals surface area contributed by atoms with Crippen LogP contribution in [-0.2, 0) is 19.4 Å². The first-order valence-electron chi connectivity index (χ1n) is 10.8. The predicted molar refractivity (Wildman–Crippen MR) is 120 cm³/mol. The smallest absolute Gasteiger partial charge is 0.336 e. The van der Waals surface area contributed by atoms with Crippen molar-refractivity contribution in [3.8, 4) is 11.1 Å². The molecule has 0 aliphatic rings. The second-order valence-corrected chi connectivity index (χ2v) is 7.63. The van der Waals surface area contributed by atoms with Crippen molar-refractivity contribution in [3.05, 3.63) is 81.5 Å². The van der Waals surface area contributed by atoms with Crippen LogP contribution in [0.5, 0.6) is 0 Å². The zero-order chi connectivity index (χ0) is 21.5. The zero-order valence-electron chi connectivity index (χ0n) is 17.8. The van der Waals surface area contributed by atoms with Crippen molar-refractivity contribution in [3.63, 3.8) is 0 Å². The van der Waals surface area contributed by atoms with Gasteiger partial charge in [-0.25, -0.2) is 9.59 Å². The molecule has 30 heavy (non-hydrogen) atoms. The van der Waals surface area contributed by atoms with Gasteiger partial charge in [-0.3, -0.25) is 4.57 Å². The number of H-pyrrole nitrogens is 1. The Labute approximate surface area is 177 Å². The Morgan fingerprint density at radius 2 is 1.73 bits per heavy atom. The summed E-state index contributed by atoms with van der Waals surface area (Å²) in [6, 6.07) is 15.0. The Morgan fingerprint density at radius 3 is 2.40 bits per heavy atom. The van der Waals surface area contributed by atoms with E-state index in [1.54, 1.807) is 12.1 Å². The number of rotatable bonds is 10. The summed E-state index contributed by atoms with van der Waals surface area (Å²) in [5.74, 6) is -0.929. The summed E-state index contributed by atoms with van der Waals surface area (Å²) in [6.45, 7) is 4.83. The molecule has 158 valence electrons. The van der Waals surface area contributed by atoms with Gasteiger partial charge in [0.1, 0.15) is 0 Å². The fourth-order valence-electron chi connectivity index (χ4n) is 3.94. The minimum Gasteiger partial charge on any atom is -0.478 e. The molecule has 5 nitrogen and oxygen atoms in total. The number of imidazole rings is 1. The van der Waals surface area contributed by atoms with Crippen LogP contribution in [0.2, 0.25) is 0 Å². The summed E-state index contributed by atoms with van der Waals surface area (Å²) in [5, 5.41) is 9.44. The highest BCUT2D eigenvalue weighted by molar-refractivity contribution is 5.95. The summed E-state index contributed by atoms with van der Waals surface area (Å²) >= 11 is 0. The molecule has 0 radical (unpaired) electrons. The molecule has 0 saturated carbocycles. The van der Waals surface area contributed by atoms with E-state index in [9.17, 15) is 14.7 Å². The van der Waals surface area contributed by atoms with E-state index in [2.05, 4.69) is 11.9 Å². The minimum atomic E-state index is -0.929. The minimum absolute atomic E-state index is 0.0370. The number of nitrogens with one attached hydrogen (secondary N) is 1. The molecular weight excluding hydrogens is 376 g/mol. The molecule has 0 amide bonds. The second kappa shape index (κ2) is 10.1. The van der Waals surface area contributed by atoms with Crippen molar-refractivity contribution in [1.29, 1.82) is 0 Å². The van der Waals surface area contributed by atoms with Crippen LogP contribution in [0.3, 0.4) is 0 Å².